The van der Waals surface area contributed by atoms with Gasteiger partial charge in [-0.15, -0.1) is 0 Å². The summed E-state index contributed by atoms with van der Waals surface area (Å²) < 4.78 is 37.5. The fraction of sp³-hybridized carbons (Fsp3) is 0.889. The molecule has 0 rings (SSSR count). The van der Waals surface area contributed by atoms with Crippen LogP contribution in [0.15, 0.2) is 0 Å². The third kappa shape index (κ3) is 5.32. The molecular formula is C9H17F3N2S. The summed E-state index contributed by atoms with van der Waals surface area (Å²) in [7, 11) is 0. The zero-order valence-electron chi connectivity index (χ0n) is 8.97. The van der Waals surface area contributed by atoms with E-state index in [-0.39, 0.29) is 6.54 Å². The standard InChI is InChI=1S/C9H17F3N2S/c1-3-5-14(4-2)6-7(8(13)15)9(10,11)12/h7H,3-6H2,1-2H3,(H2,13,15). The molecule has 15 heavy (non-hydrogen) atoms. The molecule has 0 saturated carbocycles. The highest BCUT2D eigenvalue weighted by Gasteiger charge is 2.42. The average Bonchev–Trinajstić information content (AvgIpc) is 2.09. The number of rotatable bonds is 6. The Morgan fingerprint density at radius 1 is 1.40 bits per heavy atom. The lowest BCUT2D eigenvalue weighted by Gasteiger charge is -2.26. The van der Waals surface area contributed by atoms with Crippen molar-refractivity contribution < 1.29 is 13.2 Å². The first kappa shape index (κ1) is 14.6. The van der Waals surface area contributed by atoms with Gasteiger partial charge in [0.25, 0.3) is 0 Å². The fourth-order valence-corrected chi connectivity index (χ4v) is 1.52. The Bertz CT molecular complexity index is 206. The van der Waals surface area contributed by atoms with E-state index >= 15 is 0 Å². The first-order valence-electron chi connectivity index (χ1n) is 4.91. The minimum absolute atomic E-state index is 0.136. The van der Waals surface area contributed by atoms with E-state index in [1.54, 1.807) is 4.90 Å². The van der Waals surface area contributed by atoms with E-state index in [1.807, 2.05) is 13.8 Å². The third-order valence-corrected chi connectivity index (χ3v) is 2.45. The molecule has 0 amide bonds. The van der Waals surface area contributed by atoms with Crippen molar-refractivity contribution in [1.29, 1.82) is 0 Å². The maximum atomic E-state index is 12.5. The highest BCUT2D eigenvalue weighted by molar-refractivity contribution is 7.80. The molecule has 0 aliphatic heterocycles. The quantitative estimate of drug-likeness (QED) is 0.724. The summed E-state index contributed by atoms with van der Waals surface area (Å²) in [5.41, 5.74) is 5.11. The molecule has 0 aromatic heterocycles. The molecule has 6 heteroatoms. The molecule has 0 bridgehead atoms. The zero-order chi connectivity index (χ0) is 12.1. The van der Waals surface area contributed by atoms with Gasteiger partial charge >= 0.3 is 6.18 Å². The number of nitrogens with zero attached hydrogens (tertiary/aromatic N) is 1. The lowest BCUT2D eigenvalue weighted by Crippen LogP contribution is -2.43. The Balaban J connectivity index is 4.46. The molecule has 0 aromatic rings. The number of thiocarbonyl (C=S) groups is 1. The second-order valence-electron chi connectivity index (χ2n) is 3.39. The van der Waals surface area contributed by atoms with Crippen LogP contribution in [0.25, 0.3) is 0 Å². The Kier molecular flexibility index (Phi) is 6.12. The van der Waals surface area contributed by atoms with Crippen molar-refractivity contribution in [1.82, 2.24) is 4.90 Å². The molecule has 0 radical (unpaired) electrons. The largest absolute Gasteiger partial charge is 0.399 e. The summed E-state index contributed by atoms with van der Waals surface area (Å²) in [6, 6.07) is 0. The van der Waals surface area contributed by atoms with Crippen LogP contribution in [0.5, 0.6) is 0 Å². The second-order valence-corrected chi connectivity index (χ2v) is 3.86. The highest BCUT2D eigenvalue weighted by atomic mass is 32.1. The van der Waals surface area contributed by atoms with Gasteiger partial charge in [0.1, 0.15) is 5.92 Å². The molecule has 2 nitrogen and oxygen atoms in total. The summed E-state index contributed by atoms with van der Waals surface area (Å²) in [5.74, 6) is -1.70. The van der Waals surface area contributed by atoms with Gasteiger partial charge in [-0.05, 0) is 19.5 Å². The number of nitrogens with two attached hydrogens (primary N) is 1. The first-order valence-corrected chi connectivity index (χ1v) is 5.32. The smallest absolute Gasteiger partial charge is 0.393 e. The van der Waals surface area contributed by atoms with Gasteiger partial charge in [0, 0.05) is 6.54 Å². The third-order valence-electron chi connectivity index (χ3n) is 2.17. The summed E-state index contributed by atoms with van der Waals surface area (Å²) in [4.78, 5) is 1.23. The minimum Gasteiger partial charge on any atom is -0.393 e. The van der Waals surface area contributed by atoms with Crippen LogP contribution in [0, 0.1) is 5.92 Å². The van der Waals surface area contributed by atoms with E-state index < -0.39 is 17.1 Å². The summed E-state index contributed by atoms with van der Waals surface area (Å²) in [6.07, 6.45) is -3.53. The average molecular weight is 242 g/mol. The normalized spacial score (nSPS) is 14.3. The lowest BCUT2D eigenvalue weighted by molar-refractivity contribution is -0.159. The summed E-state index contributed by atoms with van der Waals surface area (Å²) in [5, 5.41) is 0. The van der Waals surface area contributed by atoms with Gasteiger partial charge in [-0.3, -0.25) is 0 Å². The number of halogens is 3. The van der Waals surface area contributed by atoms with Gasteiger partial charge in [0.15, 0.2) is 0 Å². The van der Waals surface area contributed by atoms with Gasteiger partial charge in [-0.1, -0.05) is 26.1 Å². The maximum absolute atomic E-state index is 12.5. The van der Waals surface area contributed by atoms with Crippen LogP contribution in [-0.2, 0) is 0 Å². The van der Waals surface area contributed by atoms with Crippen LogP contribution in [0.4, 0.5) is 13.2 Å². The Hall–Kier alpha value is -0.360. The minimum atomic E-state index is -4.34. The van der Waals surface area contributed by atoms with Crippen molar-refractivity contribution in [2.24, 2.45) is 11.7 Å². The van der Waals surface area contributed by atoms with E-state index in [9.17, 15) is 13.2 Å². The van der Waals surface area contributed by atoms with Gasteiger partial charge < -0.3 is 10.6 Å². The predicted molar refractivity (Wildman–Crippen MR) is 58.7 cm³/mol. The van der Waals surface area contributed by atoms with Gasteiger partial charge in [0.05, 0.1) is 4.99 Å². The molecule has 0 heterocycles. The van der Waals surface area contributed by atoms with Crippen molar-refractivity contribution in [3.63, 3.8) is 0 Å². The number of hydrogen-bond acceptors (Lipinski definition) is 2. The molecule has 0 aliphatic carbocycles. The summed E-state index contributed by atoms with van der Waals surface area (Å²) >= 11 is 4.45. The van der Waals surface area contributed by atoms with E-state index in [1.165, 1.54) is 0 Å². The molecule has 1 unspecified atom stereocenters. The van der Waals surface area contributed by atoms with Crippen molar-refractivity contribution in [2.75, 3.05) is 19.6 Å². The molecule has 0 spiro atoms. The van der Waals surface area contributed by atoms with E-state index in [0.717, 1.165) is 6.42 Å². The number of alkyl halides is 3. The van der Waals surface area contributed by atoms with Crippen LogP contribution >= 0.6 is 12.2 Å². The molecule has 0 aliphatic rings. The predicted octanol–water partition coefficient (Wildman–Crippen LogP) is 2.18. The highest BCUT2D eigenvalue weighted by Crippen LogP contribution is 2.27. The Morgan fingerprint density at radius 3 is 2.20 bits per heavy atom. The lowest BCUT2D eigenvalue weighted by atomic mass is 10.1. The molecule has 1 atom stereocenters. The molecular weight excluding hydrogens is 225 g/mol. The van der Waals surface area contributed by atoms with Crippen molar-refractivity contribution >= 4 is 17.2 Å². The first-order chi connectivity index (χ1) is 6.82. The molecule has 0 aromatic carbocycles. The van der Waals surface area contributed by atoms with Crippen LogP contribution in [0.1, 0.15) is 20.3 Å². The van der Waals surface area contributed by atoms with Gasteiger partial charge in [0.2, 0.25) is 0 Å². The van der Waals surface area contributed by atoms with E-state index in [2.05, 4.69) is 12.2 Å². The Labute approximate surface area is 93.6 Å². The SMILES string of the molecule is CCCN(CC)CC(C(N)=S)C(F)(F)F. The Morgan fingerprint density at radius 2 is 1.93 bits per heavy atom. The second kappa shape index (κ2) is 6.27. The molecule has 0 fully saturated rings. The topological polar surface area (TPSA) is 29.3 Å². The van der Waals surface area contributed by atoms with Crippen LogP contribution in [-0.4, -0.2) is 35.7 Å². The molecule has 90 valence electrons. The number of hydrogen-bond donors (Lipinski definition) is 1. The van der Waals surface area contributed by atoms with Crippen LogP contribution in [0.2, 0.25) is 0 Å². The zero-order valence-corrected chi connectivity index (χ0v) is 9.79. The van der Waals surface area contributed by atoms with E-state index in [0.29, 0.717) is 13.1 Å². The summed E-state index contributed by atoms with van der Waals surface area (Å²) in [6.45, 7) is 4.81. The monoisotopic (exact) mass is 242 g/mol. The maximum Gasteiger partial charge on any atom is 0.399 e. The van der Waals surface area contributed by atoms with E-state index in [4.69, 9.17) is 5.73 Å². The fourth-order valence-electron chi connectivity index (χ4n) is 1.31. The van der Waals surface area contributed by atoms with Gasteiger partial charge in [-0.2, -0.15) is 13.2 Å². The van der Waals surface area contributed by atoms with Gasteiger partial charge in [-0.25, -0.2) is 0 Å². The van der Waals surface area contributed by atoms with Crippen LogP contribution < -0.4 is 5.73 Å². The molecule has 0 saturated heterocycles. The van der Waals surface area contributed by atoms with Crippen molar-refractivity contribution in [3.8, 4) is 0 Å². The molecule has 2 N–H and O–H groups in total. The van der Waals surface area contributed by atoms with Crippen molar-refractivity contribution in [3.05, 3.63) is 0 Å². The van der Waals surface area contributed by atoms with Crippen LogP contribution in [0.3, 0.4) is 0 Å². The van der Waals surface area contributed by atoms with Crippen molar-refractivity contribution in [2.45, 2.75) is 26.4 Å².